The van der Waals surface area contributed by atoms with Gasteiger partial charge in [-0.2, -0.15) is 13.2 Å². The monoisotopic (exact) mass is 396 g/mol. The smallest absolute Gasteiger partial charge is 0.166 e. The summed E-state index contributed by atoms with van der Waals surface area (Å²) in [6.45, 7) is 0. The fraction of sp³-hybridized carbons (Fsp3) is 0.200. The van der Waals surface area contributed by atoms with E-state index < -0.39 is 17.1 Å². The highest BCUT2D eigenvalue weighted by molar-refractivity contribution is 9.10. The molecular weight excluding hydrogens is 388 g/mol. The van der Waals surface area contributed by atoms with Gasteiger partial charge in [-0.05, 0) is 41.8 Å². The molecule has 0 bridgehead atoms. The molecule has 0 N–H and O–H groups in total. The van der Waals surface area contributed by atoms with E-state index in [1.54, 1.807) is 12.1 Å². The van der Waals surface area contributed by atoms with Crippen LogP contribution in [0.5, 0.6) is 0 Å². The van der Waals surface area contributed by atoms with Crippen LogP contribution < -0.4 is 0 Å². The standard InChI is InChI=1S/C15H10BrCl2F3/c16-11-5-6-12(14(18)8-11)13(17)7-9-1-3-10(4-2-9)15(19,20)21/h1-6,8,13H,7H2. The van der Waals surface area contributed by atoms with Crippen molar-refractivity contribution in [3.63, 3.8) is 0 Å². The predicted molar refractivity (Wildman–Crippen MR) is 82.9 cm³/mol. The van der Waals surface area contributed by atoms with Gasteiger partial charge in [0.25, 0.3) is 0 Å². The molecule has 0 spiro atoms. The number of hydrogen-bond acceptors (Lipinski definition) is 0. The number of alkyl halides is 4. The summed E-state index contributed by atoms with van der Waals surface area (Å²) in [6.07, 6.45) is -3.92. The summed E-state index contributed by atoms with van der Waals surface area (Å²) in [5.74, 6) is 0. The van der Waals surface area contributed by atoms with Gasteiger partial charge in [-0.1, -0.05) is 45.7 Å². The summed E-state index contributed by atoms with van der Waals surface area (Å²) in [6, 6.07) is 10.3. The Morgan fingerprint density at radius 1 is 1.05 bits per heavy atom. The Kier molecular flexibility index (Phi) is 5.23. The van der Waals surface area contributed by atoms with E-state index in [0.717, 1.165) is 27.7 Å². The first-order valence-corrected chi connectivity index (χ1v) is 7.63. The van der Waals surface area contributed by atoms with Crippen LogP contribution in [-0.2, 0) is 12.6 Å². The van der Waals surface area contributed by atoms with Crippen molar-refractivity contribution in [1.29, 1.82) is 0 Å². The molecule has 21 heavy (non-hydrogen) atoms. The highest BCUT2D eigenvalue weighted by atomic mass is 79.9. The zero-order valence-electron chi connectivity index (χ0n) is 10.6. The Morgan fingerprint density at radius 2 is 1.67 bits per heavy atom. The van der Waals surface area contributed by atoms with E-state index in [4.69, 9.17) is 23.2 Å². The van der Waals surface area contributed by atoms with Crippen LogP contribution in [0, 0.1) is 0 Å². The molecule has 0 aromatic heterocycles. The fourth-order valence-corrected chi connectivity index (χ4v) is 3.13. The van der Waals surface area contributed by atoms with Gasteiger partial charge in [0.2, 0.25) is 0 Å². The van der Waals surface area contributed by atoms with Gasteiger partial charge in [-0.15, -0.1) is 11.6 Å². The highest BCUT2D eigenvalue weighted by Gasteiger charge is 2.30. The molecular formula is C15H10BrCl2F3. The zero-order valence-corrected chi connectivity index (χ0v) is 13.7. The van der Waals surface area contributed by atoms with Crippen molar-refractivity contribution in [3.8, 4) is 0 Å². The molecule has 0 heterocycles. The molecule has 1 unspecified atom stereocenters. The van der Waals surface area contributed by atoms with Crippen molar-refractivity contribution >= 4 is 39.1 Å². The Bertz CT molecular complexity index is 624. The molecule has 0 aliphatic rings. The Hall–Kier alpha value is -0.710. The molecule has 0 radical (unpaired) electrons. The summed E-state index contributed by atoms with van der Waals surface area (Å²) >= 11 is 15.7. The van der Waals surface area contributed by atoms with Gasteiger partial charge in [0.15, 0.2) is 0 Å². The molecule has 0 aliphatic heterocycles. The summed E-state index contributed by atoms with van der Waals surface area (Å²) in [4.78, 5) is 0. The van der Waals surface area contributed by atoms with Crippen LogP contribution in [0.1, 0.15) is 22.1 Å². The van der Waals surface area contributed by atoms with Crippen molar-refractivity contribution in [2.45, 2.75) is 18.0 Å². The van der Waals surface area contributed by atoms with Crippen LogP contribution in [-0.4, -0.2) is 0 Å². The summed E-state index contributed by atoms with van der Waals surface area (Å²) in [5.41, 5.74) is 0.808. The van der Waals surface area contributed by atoms with E-state index in [2.05, 4.69) is 15.9 Å². The number of hydrogen-bond donors (Lipinski definition) is 0. The highest BCUT2D eigenvalue weighted by Crippen LogP contribution is 2.34. The Labute approximate surface area is 139 Å². The van der Waals surface area contributed by atoms with Gasteiger partial charge < -0.3 is 0 Å². The summed E-state index contributed by atoms with van der Waals surface area (Å²) < 4.78 is 38.3. The molecule has 1 atom stereocenters. The molecule has 112 valence electrons. The van der Waals surface area contributed by atoms with Crippen LogP contribution in [0.15, 0.2) is 46.9 Å². The second kappa shape index (κ2) is 6.59. The lowest BCUT2D eigenvalue weighted by atomic mass is 10.0. The average Bonchev–Trinajstić information content (AvgIpc) is 2.38. The van der Waals surface area contributed by atoms with Gasteiger partial charge in [-0.3, -0.25) is 0 Å². The van der Waals surface area contributed by atoms with E-state index in [1.165, 1.54) is 12.1 Å². The quantitative estimate of drug-likeness (QED) is 0.509. The molecule has 0 fully saturated rings. The van der Waals surface area contributed by atoms with Crippen molar-refractivity contribution in [1.82, 2.24) is 0 Å². The van der Waals surface area contributed by atoms with Gasteiger partial charge in [0.05, 0.1) is 10.9 Å². The second-order valence-corrected chi connectivity index (χ2v) is 6.38. The third-order valence-electron chi connectivity index (χ3n) is 3.00. The normalized spacial score (nSPS) is 13.2. The maximum absolute atomic E-state index is 12.5. The third-order valence-corrected chi connectivity index (χ3v) is 4.21. The van der Waals surface area contributed by atoms with Crippen LogP contribution >= 0.6 is 39.1 Å². The van der Waals surface area contributed by atoms with Gasteiger partial charge >= 0.3 is 6.18 Å². The fourth-order valence-electron chi connectivity index (χ4n) is 1.90. The van der Waals surface area contributed by atoms with Gasteiger partial charge in [0, 0.05) is 9.50 Å². The topological polar surface area (TPSA) is 0 Å². The molecule has 0 nitrogen and oxygen atoms in total. The van der Waals surface area contributed by atoms with Crippen molar-refractivity contribution < 1.29 is 13.2 Å². The second-order valence-electron chi connectivity index (χ2n) is 4.53. The maximum atomic E-state index is 12.5. The lowest BCUT2D eigenvalue weighted by Crippen LogP contribution is -2.05. The Morgan fingerprint density at radius 3 is 2.19 bits per heavy atom. The van der Waals surface area contributed by atoms with E-state index in [-0.39, 0.29) is 0 Å². The molecule has 0 saturated heterocycles. The molecule has 6 heteroatoms. The molecule has 2 aromatic carbocycles. The zero-order chi connectivity index (χ0) is 15.6. The minimum absolute atomic E-state index is 0.401. The van der Waals surface area contributed by atoms with Crippen molar-refractivity contribution in [2.24, 2.45) is 0 Å². The van der Waals surface area contributed by atoms with Gasteiger partial charge in [-0.25, -0.2) is 0 Å². The van der Waals surface area contributed by atoms with Crippen LogP contribution in [0.2, 0.25) is 5.02 Å². The SMILES string of the molecule is FC(F)(F)c1ccc(CC(Cl)c2ccc(Br)cc2Cl)cc1. The summed E-state index contributed by atoms with van der Waals surface area (Å²) in [7, 11) is 0. The van der Waals surface area contributed by atoms with E-state index >= 15 is 0 Å². The lowest BCUT2D eigenvalue weighted by Gasteiger charge is -2.13. The van der Waals surface area contributed by atoms with Gasteiger partial charge in [0.1, 0.15) is 0 Å². The van der Waals surface area contributed by atoms with E-state index in [9.17, 15) is 13.2 Å². The molecule has 0 saturated carbocycles. The molecule has 0 aliphatic carbocycles. The third kappa shape index (κ3) is 4.38. The largest absolute Gasteiger partial charge is 0.416 e. The first kappa shape index (κ1) is 16.7. The first-order valence-electron chi connectivity index (χ1n) is 6.02. The van der Waals surface area contributed by atoms with Crippen molar-refractivity contribution in [3.05, 3.63) is 68.7 Å². The Balaban J connectivity index is 2.14. The molecule has 0 amide bonds. The maximum Gasteiger partial charge on any atom is 0.416 e. The van der Waals surface area contributed by atoms with Crippen LogP contribution in [0.3, 0.4) is 0 Å². The average molecular weight is 398 g/mol. The number of benzene rings is 2. The van der Waals surface area contributed by atoms with Crippen LogP contribution in [0.4, 0.5) is 13.2 Å². The lowest BCUT2D eigenvalue weighted by molar-refractivity contribution is -0.137. The molecule has 2 rings (SSSR count). The van der Waals surface area contributed by atoms with Crippen LogP contribution in [0.25, 0.3) is 0 Å². The van der Waals surface area contributed by atoms with E-state index in [0.29, 0.717) is 11.4 Å². The van der Waals surface area contributed by atoms with E-state index in [1.807, 2.05) is 6.07 Å². The minimum Gasteiger partial charge on any atom is -0.166 e. The first-order chi connectivity index (χ1) is 9.77. The minimum atomic E-state index is -4.33. The molecule has 2 aromatic rings. The summed E-state index contributed by atoms with van der Waals surface area (Å²) in [5, 5.41) is 0.124. The number of rotatable bonds is 3. The number of halogens is 6. The predicted octanol–water partition coefficient (Wildman–Crippen LogP) is 6.64. The van der Waals surface area contributed by atoms with Crippen molar-refractivity contribution in [2.75, 3.05) is 0 Å².